The van der Waals surface area contributed by atoms with E-state index in [0.29, 0.717) is 5.75 Å². The molecular weight excluding hydrogens is 288 g/mol. The van der Waals surface area contributed by atoms with Crippen LogP contribution in [0.1, 0.15) is 10.4 Å². The van der Waals surface area contributed by atoms with Crippen molar-refractivity contribution in [2.24, 2.45) is 0 Å². The van der Waals surface area contributed by atoms with Gasteiger partial charge in [0.15, 0.2) is 0 Å². The highest BCUT2D eigenvalue weighted by molar-refractivity contribution is 5.92. The number of ether oxygens (including phenoxy) is 2. The Morgan fingerprint density at radius 3 is 2.14 bits per heavy atom. The van der Waals surface area contributed by atoms with E-state index in [1.165, 1.54) is 12.1 Å². The lowest BCUT2D eigenvalue weighted by molar-refractivity contribution is 0.0661. The zero-order valence-electron chi connectivity index (χ0n) is 11.5. The number of phenolic OH excluding ortho intramolecular Hbond substituents is 1. The highest BCUT2D eigenvalue weighted by Gasteiger charge is 2.09. The van der Waals surface area contributed by atoms with E-state index in [4.69, 9.17) is 5.11 Å². The number of para-hydroxylation sites is 2. The number of carboxylic acid groups (broad SMARTS) is 1. The summed E-state index contributed by atoms with van der Waals surface area (Å²) >= 11 is 0. The van der Waals surface area contributed by atoms with Crippen LogP contribution in [0.5, 0.6) is 11.5 Å². The Hall–Kier alpha value is -3.28. The average molecular weight is 302 g/mol. The van der Waals surface area contributed by atoms with Crippen molar-refractivity contribution in [3.63, 3.8) is 0 Å². The molecule has 2 rings (SSSR count). The van der Waals surface area contributed by atoms with Crippen LogP contribution in [0.2, 0.25) is 0 Å². The summed E-state index contributed by atoms with van der Waals surface area (Å²) < 4.78 is 8.80. The van der Waals surface area contributed by atoms with Gasteiger partial charge in [0.2, 0.25) is 0 Å². The molecule has 0 spiro atoms. The highest BCUT2D eigenvalue weighted by Crippen LogP contribution is 2.16. The maximum atomic E-state index is 11.0. The van der Waals surface area contributed by atoms with Crippen molar-refractivity contribution in [2.75, 3.05) is 0 Å². The molecule has 2 aromatic rings. The first kappa shape index (κ1) is 16.8. The molecule has 0 aliphatic heterocycles. The van der Waals surface area contributed by atoms with Crippen LogP contribution in [0.4, 0.5) is 4.79 Å². The van der Waals surface area contributed by atoms with Gasteiger partial charge in [-0.25, -0.2) is 9.59 Å². The van der Waals surface area contributed by atoms with E-state index in [2.05, 4.69) is 16.1 Å². The van der Waals surface area contributed by atoms with Gasteiger partial charge in [0.1, 0.15) is 17.1 Å². The van der Waals surface area contributed by atoms with Crippen molar-refractivity contribution >= 4 is 12.1 Å². The zero-order chi connectivity index (χ0) is 16.4. The van der Waals surface area contributed by atoms with Gasteiger partial charge in [-0.2, -0.15) is 0 Å². The smallest absolute Gasteiger partial charge is 0.507 e. The first-order chi connectivity index (χ1) is 10.5. The number of hydrogen-bond donors (Lipinski definition) is 2. The SMILES string of the molecule is C=COC(=O)c1ccccc1O.O=C(O)Oc1ccccc1. The van der Waals surface area contributed by atoms with Crippen LogP contribution in [-0.4, -0.2) is 22.3 Å². The fourth-order valence-corrected chi connectivity index (χ4v) is 1.37. The minimum atomic E-state index is -1.29. The molecule has 2 N–H and O–H groups in total. The largest absolute Gasteiger partial charge is 0.511 e. The molecule has 6 heteroatoms. The Balaban J connectivity index is 0.000000224. The highest BCUT2D eigenvalue weighted by atomic mass is 16.7. The van der Waals surface area contributed by atoms with Crippen molar-refractivity contribution in [3.8, 4) is 11.5 Å². The molecule has 0 saturated heterocycles. The number of phenols is 1. The van der Waals surface area contributed by atoms with Gasteiger partial charge in [0, 0.05) is 0 Å². The second kappa shape index (κ2) is 8.80. The van der Waals surface area contributed by atoms with Crippen LogP contribution in [-0.2, 0) is 4.74 Å². The van der Waals surface area contributed by atoms with Crippen molar-refractivity contribution in [1.82, 2.24) is 0 Å². The summed E-state index contributed by atoms with van der Waals surface area (Å²) in [5.41, 5.74) is 0.136. The summed E-state index contributed by atoms with van der Waals surface area (Å²) in [6.07, 6.45) is -0.263. The van der Waals surface area contributed by atoms with Crippen molar-refractivity contribution < 1.29 is 29.3 Å². The number of rotatable bonds is 3. The Morgan fingerprint density at radius 1 is 1.00 bits per heavy atom. The molecule has 0 aromatic heterocycles. The first-order valence-corrected chi connectivity index (χ1v) is 6.10. The molecule has 0 fully saturated rings. The van der Waals surface area contributed by atoms with E-state index in [9.17, 15) is 14.7 Å². The predicted octanol–water partition coefficient (Wildman–Crippen LogP) is 3.44. The lowest BCUT2D eigenvalue weighted by atomic mass is 10.2. The van der Waals surface area contributed by atoms with Gasteiger partial charge in [-0.15, -0.1) is 0 Å². The Kier molecular flexibility index (Phi) is 6.71. The fourth-order valence-electron chi connectivity index (χ4n) is 1.37. The first-order valence-electron chi connectivity index (χ1n) is 6.10. The Bertz CT molecular complexity index is 636. The maximum absolute atomic E-state index is 11.0. The minimum Gasteiger partial charge on any atom is -0.507 e. The molecule has 0 heterocycles. The van der Waals surface area contributed by atoms with Crippen molar-refractivity contribution in [1.29, 1.82) is 0 Å². The summed E-state index contributed by atoms with van der Waals surface area (Å²) in [4.78, 5) is 21.0. The van der Waals surface area contributed by atoms with Crippen LogP contribution in [0.3, 0.4) is 0 Å². The summed E-state index contributed by atoms with van der Waals surface area (Å²) in [7, 11) is 0. The van der Waals surface area contributed by atoms with E-state index < -0.39 is 12.1 Å². The number of carbonyl (C=O) groups is 2. The zero-order valence-corrected chi connectivity index (χ0v) is 11.5. The van der Waals surface area contributed by atoms with Gasteiger partial charge in [-0.3, -0.25) is 0 Å². The quantitative estimate of drug-likeness (QED) is 0.512. The van der Waals surface area contributed by atoms with Crippen LogP contribution < -0.4 is 4.74 Å². The molecule has 0 amide bonds. The number of benzene rings is 2. The topological polar surface area (TPSA) is 93.1 Å². The normalized spacial score (nSPS) is 8.91. The monoisotopic (exact) mass is 302 g/mol. The van der Waals surface area contributed by atoms with Gasteiger partial charge >= 0.3 is 12.1 Å². The molecule has 0 aliphatic rings. The number of aromatic hydroxyl groups is 1. The van der Waals surface area contributed by atoms with Crippen LogP contribution in [0.15, 0.2) is 67.4 Å². The Morgan fingerprint density at radius 2 is 1.59 bits per heavy atom. The molecule has 2 aromatic carbocycles. The maximum Gasteiger partial charge on any atom is 0.511 e. The van der Waals surface area contributed by atoms with Crippen LogP contribution in [0, 0.1) is 0 Å². The second-order valence-electron chi connectivity index (χ2n) is 3.77. The van der Waals surface area contributed by atoms with Crippen LogP contribution >= 0.6 is 0 Å². The molecule has 22 heavy (non-hydrogen) atoms. The molecule has 0 unspecified atom stereocenters. The number of carbonyl (C=O) groups excluding carboxylic acids is 1. The van der Waals surface area contributed by atoms with Gasteiger partial charge in [-0.1, -0.05) is 36.9 Å². The lowest BCUT2D eigenvalue weighted by Crippen LogP contribution is -2.02. The molecule has 114 valence electrons. The molecular formula is C16H14O6. The fraction of sp³-hybridized carbons (Fsp3) is 0. The van der Waals surface area contributed by atoms with Gasteiger partial charge in [0.25, 0.3) is 0 Å². The summed E-state index contributed by atoms with van der Waals surface area (Å²) in [5.74, 6) is -0.359. The van der Waals surface area contributed by atoms with Crippen molar-refractivity contribution in [2.45, 2.75) is 0 Å². The third kappa shape index (κ3) is 5.79. The summed E-state index contributed by atoms with van der Waals surface area (Å²) in [6, 6.07) is 14.5. The van der Waals surface area contributed by atoms with Crippen LogP contribution in [0.25, 0.3) is 0 Å². The Labute approximate surface area is 126 Å². The minimum absolute atomic E-state index is 0.0932. The molecule has 0 aliphatic carbocycles. The van der Waals surface area contributed by atoms with E-state index in [1.807, 2.05) is 0 Å². The summed E-state index contributed by atoms with van der Waals surface area (Å²) in [5, 5.41) is 17.3. The van der Waals surface area contributed by atoms with E-state index in [1.54, 1.807) is 42.5 Å². The summed E-state index contributed by atoms with van der Waals surface area (Å²) in [6.45, 7) is 3.23. The standard InChI is InChI=1S/C9H8O3.C7H6O3/c1-2-12-9(11)7-5-3-4-6-8(7)10;8-7(9)10-6-4-2-1-3-5-6/h2-6,10H,1H2;1-5H,(H,8,9). The molecule has 0 saturated carbocycles. The lowest BCUT2D eigenvalue weighted by Gasteiger charge is -2.00. The van der Waals surface area contributed by atoms with Crippen molar-refractivity contribution in [3.05, 3.63) is 73.0 Å². The third-order valence-electron chi connectivity index (χ3n) is 2.26. The molecule has 6 nitrogen and oxygen atoms in total. The van der Waals surface area contributed by atoms with E-state index in [-0.39, 0.29) is 11.3 Å². The van der Waals surface area contributed by atoms with Gasteiger partial charge in [0.05, 0.1) is 6.26 Å². The second-order valence-corrected chi connectivity index (χ2v) is 3.77. The molecule has 0 atom stereocenters. The van der Waals surface area contributed by atoms with E-state index >= 15 is 0 Å². The predicted molar refractivity (Wildman–Crippen MR) is 78.8 cm³/mol. The number of hydrogen-bond acceptors (Lipinski definition) is 5. The molecule has 0 bridgehead atoms. The average Bonchev–Trinajstić information content (AvgIpc) is 2.49. The van der Waals surface area contributed by atoms with Gasteiger partial charge < -0.3 is 19.7 Å². The van der Waals surface area contributed by atoms with E-state index in [0.717, 1.165) is 6.26 Å². The van der Waals surface area contributed by atoms with Gasteiger partial charge in [-0.05, 0) is 24.3 Å². The number of esters is 1. The third-order valence-corrected chi connectivity index (χ3v) is 2.26. The molecule has 0 radical (unpaired) electrons.